The van der Waals surface area contributed by atoms with E-state index in [0.717, 1.165) is 5.06 Å². The Hall–Kier alpha value is -1.38. The summed E-state index contributed by atoms with van der Waals surface area (Å²) in [5.41, 5.74) is -0.656. The number of amides is 2. The molecule has 0 aromatic rings. The lowest BCUT2D eigenvalue weighted by Crippen LogP contribution is -2.55. The second-order valence-corrected chi connectivity index (χ2v) is 6.46. The lowest BCUT2D eigenvalue weighted by atomic mass is 10.1. The van der Waals surface area contributed by atoms with Crippen LogP contribution in [-0.4, -0.2) is 63.3 Å². The number of rotatable bonds is 2. The summed E-state index contributed by atoms with van der Waals surface area (Å²) in [4.78, 5) is 29.1. The molecule has 2 rings (SSSR count). The Morgan fingerprint density at radius 2 is 1.95 bits per heavy atom. The minimum absolute atomic E-state index is 0.382. The zero-order chi connectivity index (χ0) is 15.9. The molecule has 1 saturated carbocycles. The number of alkyl carbamates (subject to hydrolysis) is 1. The average molecular weight is 302 g/mol. The molecule has 1 saturated heterocycles. The van der Waals surface area contributed by atoms with Crippen molar-refractivity contribution in [2.45, 2.75) is 70.1 Å². The van der Waals surface area contributed by atoms with Crippen molar-refractivity contribution >= 4 is 12.0 Å². The number of hydrogen-bond acceptors (Lipinski definition) is 6. The van der Waals surface area contributed by atoms with E-state index in [9.17, 15) is 19.8 Å². The van der Waals surface area contributed by atoms with Gasteiger partial charge in [0.15, 0.2) is 0 Å². The van der Waals surface area contributed by atoms with Gasteiger partial charge in [-0.25, -0.2) is 9.86 Å². The highest BCUT2D eigenvalue weighted by atomic mass is 16.7. The first-order valence-corrected chi connectivity index (χ1v) is 6.95. The van der Waals surface area contributed by atoms with Gasteiger partial charge < -0.3 is 20.3 Å². The van der Waals surface area contributed by atoms with E-state index >= 15 is 0 Å². The molecule has 5 atom stereocenters. The van der Waals surface area contributed by atoms with Crippen LogP contribution in [0.15, 0.2) is 0 Å². The molecule has 2 fully saturated rings. The predicted molar refractivity (Wildman–Crippen MR) is 71.0 cm³/mol. The standard InChI is InChI=1S/C13H22N2O6/c1-6(14-12(19)20-13(2,3)4)11(18)15-7-5-8(21-15)10(17)9(7)16/h6-10,16-17H,5H2,1-4H3,(H,14,19)/t6?,7-,8+,9-,10+/m0/s1. The predicted octanol–water partition coefficient (Wildman–Crippen LogP) is -0.464. The Labute approximate surface area is 123 Å². The number of hydroxylamine groups is 2. The molecule has 0 aromatic heterocycles. The molecule has 8 heteroatoms. The first-order chi connectivity index (χ1) is 9.60. The first kappa shape index (κ1) is 16.0. The quantitative estimate of drug-likeness (QED) is 0.637. The van der Waals surface area contributed by atoms with Crippen molar-refractivity contribution in [2.75, 3.05) is 0 Å². The van der Waals surface area contributed by atoms with Crippen LogP contribution >= 0.6 is 0 Å². The third-order valence-electron chi connectivity index (χ3n) is 3.47. The summed E-state index contributed by atoms with van der Waals surface area (Å²) in [5, 5.41) is 22.9. The van der Waals surface area contributed by atoms with Gasteiger partial charge in [-0.2, -0.15) is 0 Å². The highest BCUT2D eigenvalue weighted by molar-refractivity contribution is 5.85. The Morgan fingerprint density at radius 3 is 2.43 bits per heavy atom. The second-order valence-electron chi connectivity index (χ2n) is 6.46. The fourth-order valence-corrected chi connectivity index (χ4v) is 2.48. The number of aliphatic hydroxyl groups is 2. The molecular weight excluding hydrogens is 280 g/mol. The van der Waals surface area contributed by atoms with Crippen LogP contribution < -0.4 is 5.32 Å². The topological polar surface area (TPSA) is 108 Å². The van der Waals surface area contributed by atoms with E-state index in [1.54, 1.807) is 20.8 Å². The van der Waals surface area contributed by atoms with E-state index in [1.807, 2.05) is 0 Å². The molecule has 1 unspecified atom stereocenters. The SMILES string of the molecule is CC(NC(=O)OC(C)(C)C)C(=O)N1O[C@@H]2C[C@H]1[C@H](O)[C@@H]2O. The van der Waals surface area contributed by atoms with Crippen LogP contribution in [0.5, 0.6) is 0 Å². The van der Waals surface area contributed by atoms with E-state index in [2.05, 4.69) is 5.32 Å². The normalized spacial score (nSPS) is 33.0. The third-order valence-corrected chi connectivity index (χ3v) is 3.47. The van der Waals surface area contributed by atoms with Crippen LogP contribution in [0, 0.1) is 0 Å². The summed E-state index contributed by atoms with van der Waals surface area (Å²) in [5.74, 6) is -0.487. The smallest absolute Gasteiger partial charge is 0.408 e. The maximum atomic E-state index is 12.2. The van der Waals surface area contributed by atoms with Crippen molar-refractivity contribution in [3.8, 4) is 0 Å². The van der Waals surface area contributed by atoms with Gasteiger partial charge in [0.05, 0.1) is 6.04 Å². The first-order valence-electron chi connectivity index (χ1n) is 6.95. The van der Waals surface area contributed by atoms with E-state index < -0.39 is 48.0 Å². The van der Waals surface area contributed by atoms with Crippen molar-refractivity contribution < 1.29 is 29.4 Å². The van der Waals surface area contributed by atoms with E-state index in [4.69, 9.17) is 9.57 Å². The highest BCUT2D eigenvalue weighted by Crippen LogP contribution is 2.36. The largest absolute Gasteiger partial charge is 0.444 e. The molecule has 1 aliphatic heterocycles. The fraction of sp³-hybridized carbons (Fsp3) is 0.846. The molecule has 21 heavy (non-hydrogen) atoms. The molecule has 0 spiro atoms. The van der Waals surface area contributed by atoms with Crippen LogP contribution in [0.25, 0.3) is 0 Å². The van der Waals surface area contributed by atoms with Gasteiger partial charge in [0, 0.05) is 6.42 Å². The van der Waals surface area contributed by atoms with Crippen molar-refractivity contribution in [3.05, 3.63) is 0 Å². The van der Waals surface area contributed by atoms with Gasteiger partial charge >= 0.3 is 6.09 Å². The van der Waals surface area contributed by atoms with Crippen molar-refractivity contribution in [2.24, 2.45) is 0 Å². The Balaban J connectivity index is 1.91. The van der Waals surface area contributed by atoms with Gasteiger partial charge in [-0.05, 0) is 27.7 Å². The molecule has 1 heterocycles. The Bertz CT molecular complexity index is 433. The molecule has 1 aliphatic carbocycles. The van der Waals surface area contributed by atoms with E-state index in [0.29, 0.717) is 6.42 Å². The van der Waals surface area contributed by atoms with Gasteiger partial charge in [0.2, 0.25) is 0 Å². The monoisotopic (exact) mass is 302 g/mol. The Kier molecular flexibility index (Phi) is 4.14. The molecule has 2 amide bonds. The fourth-order valence-electron chi connectivity index (χ4n) is 2.48. The summed E-state index contributed by atoms with van der Waals surface area (Å²) in [7, 11) is 0. The van der Waals surface area contributed by atoms with Gasteiger partial charge in [-0.15, -0.1) is 0 Å². The van der Waals surface area contributed by atoms with Crippen LogP contribution in [0.3, 0.4) is 0 Å². The maximum Gasteiger partial charge on any atom is 0.408 e. The highest BCUT2D eigenvalue weighted by Gasteiger charge is 2.54. The summed E-state index contributed by atoms with van der Waals surface area (Å²) in [6.45, 7) is 6.67. The summed E-state index contributed by atoms with van der Waals surface area (Å²) in [6, 6.07) is -1.44. The van der Waals surface area contributed by atoms with E-state index in [-0.39, 0.29) is 0 Å². The maximum absolute atomic E-state index is 12.2. The number of nitrogens with one attached hydrogen (secondary N) is 1. The molecule has 3 N–H and O–H groups in total. The molecular formula is C13H22N2O6. The number of carbonyl (C=O) groups excluding carboxylic acids is 2. The average Bonchev–Trinajstić information content (AvgIpc) is 2.87. The Morgan fingerprint density at radius 1 is 1.33 bits per heavy atom. The molecule has 2 bridgehead atoms. The third kappa shape index (κ3) is 3.28. The molecule has 8 nitrogen and oxygen atoms in total. The number of nitrogens with zero attached hydrogens (tertiary/aromatic N) is 1. The molecule has 0 aromatic carbocycles. The van der Waals surface area contributed by atoms with Crippen molar-refractivity contribution in [3.63, 3.8) is 0 Å². The van der Waals surface area contributed by atoms with Crippen LogP contribution in [-0.2, 0) is 14.4 Å². The summed E-state index contributed by atoms with van der Waals surface area (Å²) >= 11 is 0. The number of fused-ring (bicyclic) bond motifs is 2. The number of ether oxygens (including phenoxy) is 1. The van der Waals surface area contributed by atoms with Gasteiger partial charge in [0.1, 0.15) is 30.0 Å². The molecule has 2 aliphatic rings. The number of aliphatic hydroxyl groups excluding tert-OH is 2. The van der Waals surface area contributed by atoms with Crippen molar-refractivity contribution in [1.29, 1.82) is 0 Å². The van der Waals surface area contributed by atoms with Crippen molar-refractivity contribution in [1.82, 2.24) is 10.4 Å². The zero-order valence-electron chi connectivity index (χ0n) is 12.6. The van der Waals surface area contributed by atoms with Crippen LogP contribution in [0.1, 0.15) is 34.1 Å². The second kappa shape index (κ2) is 5.43. The van der Waals surface area contributed by atoms with Gasteiger partial charge in [-0.1, -0.05) is 0 Å². The minimum Gasteiger partial charge on any atom is -0.444 e. The van der Waals surface area contributed by atoms with Gasteiger partial charge in [0.25, 0.3) is 5.91 Å². The lowest BCUT2D eigenvalue weighted by Gasteiger charge is -2.33. The van der Waals surface area contributed by atoms with E-state index in [1.165, 1.54) is 6.92 Å². The number of carbonyl (C=O) groups is 2. The van der Waals surface area contributed by atoms with Crippen LogP contribution in [0.4, 0.5) is 4.79 Å². The van der Waals surface area contributed by atoms with Gasteiger partial charge in [-0.3, -0.25) is 9.63 Å². The lowest BCUT2D eigenvalue weighted by molar-refractivity contribution is -0.240. The zero-order valence-corrected chi connectivity index (χ0v) is 12.6. The summed E-state index contributed by atoms with van der Waals surface area (Å²) < 4.78 is 5.07. The van der Waals surface area contributed by atoms with Crippen LogP contribution in [0.2, 0.25) is 0 Å². The summed E-state index contributed by atoms with van der Waals surface area (Å²) in [6.07, 6.45) is -2.90. The molecule has 120 valence electrons. The number of hydrogen-bond donors (Lipinski definition) is 3. The minimum atomic E-state index is -1.03. The molecule has 0 radical (unpaired) electrons.